The summed E-state index contributed by atoms with van der Waals surface area (Å²) in [7, 11) is 0. The molecule has 0 saturated heterocycles. The van der Waals surface area contributed by atoms with Gasteiger partial charge in [-0.25, -0.2) is 4.98 Å². The molecule has 0 radical (unpaired) electrons. The van der Waals surface area contributed by atoms with E-state index in [1.807, 2.05) is 18.3 Å². The van der Waals surface area contributed by atoms with E-state index in [2.05, 4.69) is 15.3 Å². The average molecular weight is 221 g/mol. The van der Waals surface area contributed by atoms with Crippen molar-refractivity contribution in [2.75, 3.05) is 13.2 Å². The number of fused-ring (bicyclic) bond motifs is 1. The van der Waals surface area contributed by atoms with Crippen LogP contribution in [0, 0.1) is 0 Å². The molecule has 0 bridgehead atoms. The number of hydrogen-bond acceptors (Lipinski definition) is 4. The molecular weight excluding hydrogens is 206 g/mol. The number of pyridine rings is 1. The first-order valence-electron chi connectivity index (χ1n) is 5.22. The second-order valence-electron chi connectivity index (χ2n) is 3.68. The van der Waals surface area contributed by atoms with Crippen molar-refractivity contribution in [2.24, 2.45) is 0 Å². The van der Waals surface area contributed by atoms with E-state index in [-0.39, 0.29) is 6.61 Å². The van der Waals surface area contributed by atoms with Gasteiger partial charge in [0.05, 0.1) is 12.7 Å². The van der Waals surface area contributed by atoms with Crippen LogP contribution in [-0.4, -0.2) is 39.4 Å². The third kappa shape index (κ3) is 2.38. The topological polar surface area (TPSA) is 81.2 Å². The molecule has 1 atom stereocenters. The molecule has 5 heteroatoms. The highest BCUT2D eigenvalue weighted by atomic mass is 16.3. The van der Waals surface area contributed by atoms with Crippen LogP contribution in [0.5, 0.6) is 0 Å². The quantitative estimate of drug-likeness (QED) is 0.573. The molecule has 0 amide bonds. The second kappa shape index (κ2) is 5.07. The maximum absolute atomic E-state index is 9.17. The Morgan fingerprint density at radius 3 is 3.19 bits per heavy atom. The fraction of sp³-hybridized carbons (Fsp3) is 0.364. The van der Waals surface area contributed by atoms with Gasteiger partial charge < -0.3 is 20.5 Å². The molecule has 0 aliphatic rings. The first kappa shape index (κ1) is 11.1. The summed E-state index contributed by atoms with van der Waals surface area (Å²) in [5.41, 5.74) is 1.97. The van der Waals surface area contributed by atoms with Gasteiger partial charge in [-0.1, -0.05) is 0 Å². The van der Waals surface area contributed by atoms with Crippen molar-refractivity contribution in [2.45, 2.75) is 12.6 Å². The molecule has 0 spiro atoms. The predicted molar refractivity (Wildman–Crippen MR) is 60.9 cm³/mol. The monoisotopic (exact) mass is 221 g/mol. The van der Waals surface area contributed by atoms with Crippen molar-refractivity contribution in [1.29, 1.82) is 0 Å². The Balaban J connectivity index is 1.99. The Labute approximate surface area is 93.1 Å². The third-order valence-corrected chi connectivity index (χ3v) is 2.44. The zero-order chi connectivity index (χ0) is 11.4. The van der Waals surface area contributed by atoms with Crippen LogP contribution in [0.4, 0.5) is 0 Å². The normalized spacial score (nSPS) is 13.1. The van der Waals surface area contributed by atoms with E-state index in [9.17, 15) is 0 Å². The molecule has 2 rings (SSSR count). The van der Waals surface area contributed by atoms with E-state index in [0.29, 0.717) is 13.1 Å². The van der Waals surface area contributed by atoms with E-state index in [1.54, 1.807) is 6.20 Å². The minimum absolute atomic E-state index is 0.220. The van der Waals surface area contributed by atoms with Crippen LogP contribution in [0.15, 0.2) is 24.5 Å². The number of aliphatic hydroxyl groups excluding tert-OH is 2. The molecule has 4 N–H and O–H groups in total. The summed E-state index contributed by atoms with van der Waals surface area (Å²) in [6.45, 7) is 0.800. The summed E-state index contributed by atoms with van der Waals surface area (Å²) >= 11 is 0. The van der Waals surface area contributed by atoms with Crippen molar-refractivity contribution in [3.63, 3.8) is 0 Å². The largest absolute Gasteiger partial charge is 0.394 e. The van der Waals surface area contributed by atoms with Crippen molar-refractivity contribution in [1.82, 2.24) is 15.3 Å². The zero-order valence-electron chi connectivity index (χ0n) is 8.85. The first-order valence-corrected chi connectivity index (χ1v) is 5.22. The summed E-state index contributed by atoms with van der Waals surface area (Å²) < 4.78 is 0. The van der Waals surface area contributed by atoms with Gasteiger partial charge in [0.1, 0.15) is 5.65 Å². The molecule has 2 heterocycles. The van der Waals surface area contributed by atoms with Crippen LogP contribution in [-0.2, 0) is 6.54 Å². The fourth-order valence-electron chi connectivity index (χ4n) is 1.60. The lowest BCUT2D eigenvalue weighted by atomic mass is 10.2. The van der Waals surface area contributed by atoms with Gasteiger partial charge in [0, 0.05) is 30.9 Å². The van der Waals surface area contributed by atoms with E-state index >= 15 is 0 Å². The lowest BCUT2D eigenvalue weighted by molar-refractivity contribution is 0.0942. The zero-order valence-corrected chi connectivity index (χ0v) is 8.85. The fourth-order valence-corrected chi connectivity index (χ4v) is 1.60. The SMILES string of the molecule is OCC(O)CNCc1c[nH]c2ncccc12. The van der Waals surface area contributed by atoms with Crippen LogP contribution in [0.3, 0.4) is 0 Å². The maximum Gasteiger partial charge on any atom is 0.137 e. The lowest BCUT2D eigenvalue weighted by Gasteiger charge is -2.07. The average Bonchev–Trinajstić information content (AvgIpc) is 2.73. The molecule has 5 nitrogen and oxygen atoms in total. The number of hydrogen-bond donors (Lipinski definition) is 4. The van der Waals surface area contributed by atoms with Crippen molar-refractivity contribution < 1.29 is 10.2 Å². The first-order chi connectivity index (χ1) is 7.81. The van der Waals surface area contributed by atoms with Gasteiger partial charge in [0.25, 0.3) is 0 Å². The van der Waals surface area contributed by atoms with Crippen molar-refractivity contribution >= 4 is 11.0 Å². The highest BCUT2D eigenvalue weighted by Crippen LogP contribution is 2.14. The number of aromatic nitrogens is 2. The molecule has 0 aliphatic carbocycles. The Kier molecular flexibility index (Phi) is 3.51. The van der Waals surface area contributed by atoms with Crippen LogP contribution in [0.1, 0.15) is 5.56 Å². The molecule has 0 aliphatic heterocycles. The molecule has 0 saturated carbocycles. The Hall–Kier alpha value is -1.43. The lowest BCUT2D eigenvalue weighted by Crippen LogP contribution is -2.28. The smallest absolute Gasteiger partial charge is 0.137 e. The highest BCUT2D eigenvalue weighted by molar-refractivity contribution is 5.79. The maximum atomic E-state index is 9.17. The van der Waals surface area contributed by atoms with Crippen molar-refractivity contribution in [3.8, 4) is 0 Å². The summed E-state index contributed by atoms with van der Waals surface area (Å²) in [5.74, 6) is 0. The number of nitrogens with zero attached hydrogens (tertiary/aromatic N) is 1. The molecule has 2 aromatic heterocycles. The van der Waals surface area contributed by atoms with Crippen LogP contribution in [0.2, 0.25) is 0 Å². The molecule has 0 fully saturated rings. The number of H-pyrrole nitrogens is 1. The number of rotatable bonds is 5. The highest BCUT2D eigenvalue weighted by Gasteiger charge is 2.05. The molecule has 1 unspecified atom stereocenters. The van der Waals surface area contributed by atoms with Crippen LogP contribution < -0.4 is 5.32 Å². The van der Waals surface area contributed by atoms with Crippen molar-refractivity contribution in [3.05, 3.63) is 30.1 Å². The van der Waals surface area contributed by atoms with E-state index < -0.39 is 6.10 Å². The molecular formula is C11H15N3O2. The molecule has 86 valence electrons. The summed E-state index contributed by atoms with van der Waals surface area (Å²) in [6, 6.07) is 3.89. The van der Waals surface area contributed by atoms with E-state index in [4.69, 9.17) is 10.2 Å². The minimum atomic E-state index is -0.705. The Bertz CT molecular complexity index is 455. The van der Waals surface area contributed by atoms with Gasteiger partial charge in [0.2, 0.25) is 0 Å². The standard InChI is InChI=1S/C11H15N3O2/c15-7-9(16)6-12-4-8-5-14-11-10(8)2-1-3-13-11/h1-3,5,9,12,15-16H,4,6-7H2,(H,13,14). The molecule has 2 aromatic rings. The minimum Gasteiger partial charge on any atom is -0.394 e. The second-order valence-corrected chi connectivity index (χ2v) is 3.68. The van der Waals surface area contributed by atoms with Gasteiger partial charge in [0.15, 0.2) is 0 Å². The van der Waals surface area contributed by atoms with Gasteiger partial charge in [-0.05, 0) is 17.7 Å². The molecule has 0 aromatic carbocycles. The molecule has 16 heavy (non-hydrogen) atoms. The van der Waals surface area contributed by atoms with Gasteiger partial charge >= 0.3 is 0 Å². The number of aliphatic hydroxyl groups is 2. The summed E-state index contributed by atoms with van der Waals surface area (Å²) in [4.78, 5) is 7.27. The number of aromatic amines is 1. The van der Waals surface area contributed by atoms with Gasteiger partial charge in [-0.2, -0.15) is 0 Å². The predicted octanol–water partition coefficient (Wildman–Crippen LogP) is 0.00570. The summed E-state index contributed by atoms with van der Waals surface area (Å²) in [6.07, 6.45) is 2.94. The van der Waals surface area contributed by atoms with E-state index in [0.717, 1.165) is 16.6 Å². The number of nitrogens with one attached hydrogen (secondary N) is 2. The van der Waals surface area contributed by atoms with Gasteiger partial charge in [-0.3, -0.25) is 0 Å². The van der Waals surface area contributed by atoms with Crippen LogP contribution in [0.25, 0.3) is 11.0 Å². The third-order valence-electron chi connectivity index (χ3n) is 2.44. The Morgan fingerprint density at radius 2 is 2.38 bits per heavy atom. The van der Waals surface area contributed by atoms with E-state index in [1.165, 1.54) is 0 Å². The van der Waals surface area contributed by atoms with Crippen LogP contribution >= 0.6 is 0 Å². The Morgan fingerprint density at radius 1 is 1.50 bits per heavy atom. The van der Waals surface area contributed by atoms with Gasteiger partial charge in [-0.15, -0.1) is 0 Å². The summed E-state index contributed by atoms with van der Waals surface area (Å²) in [5, 5.41) is 22.0.